The number of fused-ring (bicyclic) bond motifs is 1. The maximum Gasteiger partial charge on any atom is 0.266 e. The molecule has 0 saturated heterocycles. The van der Waals surface area contributed by atoms with E-state index in [1.807, 2.05) is 44.2 Å². The van der Waals surface area contributed by atoms with Crippen LogP contribution in [0.4, 0.5) is 0 Å². The minimum absolute atomic E-state index is 0.0399. The summed E-state index contributed by atoms with van der Waals surface area (Å²) in [4.78, 5) is 31.4. The third-order valence-electron chi connectivity index (χ3n) is 5.94. The first-order valence-corrected chi connectivity index (χ1v) is 12.4. The molecule has 0 atom stereocenters. The molecule has 0 aliphatic rings. The average Bonchev–Trinajstić information content (AvgIpc) is 3.47. The number of ketones is 1. The molecule has 6 nitrogen and oxygen atoms in total. The summed E-state index contributed by atoms with van der Waals surface area (Å²) in [6.45, 7) is 4.46. The zero-order valence-corrected chi connectivity index (χ0v) is 20.8. The van der Waals surface area contributed by atoms with Crippen LogP contribution in [0.15, 0.2) is 87.4 Å². The number of nitrogens with zero attached hydrogens (tertiary/aromatic N) is 3. The highest BCUT2D eigenvalue weighted by atomic mass is 35.5. The van der Waals surface area contributed by atoms with E-state index in [1.54, 1.807) is 42.7 Å². The molecule has 0 amide bonds. The standard InChI is InChI=1S/C27H22ClN3O3S/c1-17-14-21(18(2)30(17)15-19-8-7-13-34-19)25(32)16-35-27-29-23-11-5-3-9-20(23)26(33)31(27)24-12-6-4-10-22(24)28/h3-14H,15-16H2,1-2H3. The highest BCUT2D eigenvalue weighted by Crippen LogP contribution is 2.27. The van der Waals surface area contributed by atoms with Crippen LogP contribution in [0.1, 0.15) is 27.5 Å². The quantitative estimate of drug-likeness (QED) is 0.153. The zero-order chi connectivity index (χ0) is 24.5. The van der Waals surface area contributed by atoms with Crippen molar-refractivity contribution >= 4 is 40.0 Å². The molecule has 0 N–H and O–H groups in total. The molecule has 8 heteroatoms. The van der Waals surface area contributed by atoms with Gasteiger partial charge < -0.3 is 8.98 Å². The van der Waals surface area contributed by atoms with Crippen LogP contribution >= 0.6 is 23.4 Å². The normalized spacial score (nSPS) is 11.3. The van der Waals surface area contributed by atoms with Crippen molar-refractivity contribution in [3.8, 4) is 5.69 Å². The van der Waals surface area contributed by atoms with E-state index in [1.165, 1.54) is 16.3 Å². The van der Waals surface area contributed by atoms with Gasteiger partial charge in [-0.2, -0.15) is 0 Å². The summed E-state index contributed by atoms with van der Waals surface area (Å²) in [6.07, 6.45) is 1.64. The Balaban J connectivity index is 1.49. The molecule has 176 valence electrons. The van der Waals surface area contributed by atoms with Gasteiger partial charge in [-0.3, -0.25) is 14.2 Å². The number of thioether (sulfide) groups is 1. The molecule has 0 fully saturated rings. The Morgan fingerprint density at radius 3 is 2.60 bits per heavy atom. The minimum Gasteiger partial charge on any atom is -0.467 e. The first kappa shape index (κ1) is 23.2. The van der Waals surface area contributed by atoms with Crippen LogP contribution in [0.3, 0.4) is 0 Å². The molecule has 35 heavy (non-hydrogen) atoms. The van der Waals surface area contributed by atoms with Crippen molar-refractivity contribution in [3.63, 3.8) is 0 Å². The number of para-hydroxylation sites is 2. The second-order valence-electron chi connectivity index (χ2n) is 8.17. The SMILES string of the molecule is Cc1cc(C(=O)CSc2nc3ccccc3c(=O)n2-c2ccccc2Cl)c(C)n1Cc1ccco1. The fraction of sp³-hybridized carbons (Fsp3) is 0.148. The van der Waals surface area contributed by atoms with Crippen molar-refractivity contribution in [3.05, 3.63) is 111 Å². The number of aromatic nitrogens is 3. The van der Waals surface area contributed by atoms with E-state index >= 15 is 0 Å². The largest absolute Gasteiger partial charge is 0.467 e. The van der Waals surface area contributed by atoms with Crippen molar-refractivity contribution in [1.29, 1.82) is 0 Å². The van der Waals surface area contributed by atoms with E-state index in [0.29, 0.717) is 38.9 Å². The summed E-state index contributed by atoms with van der Waals surface area (Å²) in [6, 6.07) is 20.0. The summed E-state index contributed by atoms with van der Waals surface area (Å²) >= 11 is 7.67. The Morgan fingerprint density at radius 1 is 1.06 bits per heavy atom. The molecule has 5 aromatic rings. The van der Waals surface area contributed by atoms with Crippen LogP contribution in [0.25, 0.3) is 16.6 Å². The van der Waals surface area contributed by atoms with Crippen LogP contribution < -0.4 is 5.56 Å². The lowest BCUT2D eigenvalue weighted by Crippen LogP contribution is -2.22. The van der Waals surface area contributed by atoms with E-state index < -0.39 is 0 Å². The molecular formula is C27H22ClN3O3S. The number of benzene rings is 2. The van der Waals surface area contributed by atoms with E-state index in [9.17, 15) is 9.59 Å². The van der Waals surface area contributed by atoms with Crippen molar-refractivity contribution < 1.29 is 9.21 Å². The van der Waals surface area contributed by atoms with E-state index in [2.05, 4.69) is 4.57 Å². The maximum atomic E-state index is 13.4. The van der Waals surface area contributed by atoms with Gasteiger partial charge in [0.15, 0.2) is 10.9 Å². The molecule has 5 rings (SSSR count). The molecule has 0 spiro atoms. The Bertz CT molecular complexity index is 1600. The van der Waals surface area contributed by atoms with Crippen molar-refractivity contribution in [2.24, 2.45) is 0 Å². The number of furan rings is 1. The predicted molar refractivity (Wildman–Crippen MR) is 139 cm³/mol. The number of hydrogen-bond acceptors (Lipinski definition) is 5. The number of aryl methyl sites for hydroxylation is 1. The van der Waals surface area contributed by atoms with Gasteiger partial charge in [0.25, 0.3) is 5.56 Å². The molecule has 0 unspecified atom stereocenters. The van der Waals surface area contributed by atoms with Gasteiger partial charge in [0.2, 0.25) is 0 Å². The molecule has 0 aliphatic carbocycles. The summed E-state index contributed by atoms with van der Waals surface area (Å²) in [5.41, 5.74) is 3.38. The lowest BCUT2D eigenvalue weighted by atomic mass is 10.2. The van der Waals surface area contributed by atoms with Gasteiger partial charge in [-0.1, -0.05) is 47.6 Å². The fourth-order valence-electron chi connectivity index (χ4n) is 4.15. The van der Waals surface area contributed by atoms with Gasteiger partial charge in [0, 0.05) is 17.0 Å². The van der Waals surface area contributed by atoms with Crippen LogP contribution in [-0.4, -0.2) is 25.7 Å². The van der Waals surface area contributed by atoms with E-state index in [-0.39, 0.29) is 17.1 Å². The Labute approximate surface area is 211 Å². The Kier molecular flexibility index (Phi) is 6.36. The first-order valence-electron chi connectivity index (χ1n) is 11.1. The monoisotopic (exact) mass is 503 g/mol. The molecular weight excluding hydrogens is 482 g/mol. The summed E-state index contributed by atoms with van der Waals surface area (Å²) in [5.74, 6) is 0.909. The Hall–Kier alpha value is -3.55. The van der Waals surface area contributed by atoms with Crippen molar-refractivity contribution in [1.82, 2.24) is 14.1 Å². The Morgan fingerprint density at radius 2 is 1.83 bits per heavy atom. The average molecular weight is 504 g/mol. The molecule has 0 aliphatic heterocycles. The van der Waals surface area contributed by atoms with Gasteiger partial charge in [-0.25, -0.2) is 4.98 Å². The molecule has 3 aromatic heterocycles. The predicted octanol–water partition coefficient (Wildman–Crippen LogP) is 6.07. The van der Waals surface area contributed by atoms with Crippen molar-refractivity contribution in [2.75, 3.05) is 5.75 Å². The second kappa shape index (κ2) is 9.60. The number of halogens is 1. The summed E-state index contributed by atoms with van der Waals surface area (Å²) < 4.78 is 9.02. The first-order chi connectivity index (χ1) is 16.9. The highest BCUT2D eigenvalue weighted by Gasteiger charge is 2.20. The lowest BCUT2D eigenvalue weighted by molar-refractivity contribution is 0.102. The van der Waals surface area contributed by atoms with Crippen LogP contribution in [0.5, 0.6) is 0 Å². The number of Topliss-reactive ketones (excluding diaryl/α,β-unsaturated/α-hetero) is 1. The molecule has 3 heterocycles. The summed E-state index contributed by atoms with van der Waals surface area (Å²) in [7, 11) is 0. The third-order valence-corrected chi connectivity index (χ3v) is 7.20. The minimum atomic E-state index is -0.227. The van der Waals surface area contributed by atoms with Crippen LogP contribution in [0.2, 0.25) is 5.02 Å². The van der Waals surface area contributed by atoms with Gasteiger partial charge in [0.05, 0.1) is 40.2 Å². The number of hydrogen-bond donors (Lipinski definition) is 0. The lowest BCUT2D eigenvalue weighted by Gasteiger charge is -2.14. The summed E-state index contributed by atoms with van der Waals surface area (Å²) in [5, 5.41) is 1.34. The molecule has 0 saturated carbocycles. The topological polar surface area (TPSA) is 70.0 Å². The fourth-order valence-corrected chi connectivity index (χ4v) is 5.26. The van der Waals surface area contributed by atoms with Gasteiger partial charge in [-0.05, 0) is 56.3 Å². The third kappa shape index (κ3) is 4.45. The maximum absolute atomic E-state index is 13.4. The smallest absolute Gasteiger partial charge is 0.266 e. The molecule has 0 bridgehead atoms. The highest BCUT2D eigenvalue weighted by molar-refractivity contribution is 7.99. The van der Waals surface area contributed by atoms with Gasteiger partial charge in [-0.15, -0.1) is 0 Å². The van der Waals surface area contributed by atoms with Crippen molar-refractivity contribution in [2.45, 2.75) is 25.5 Å². The van der Waals surface area contributed by atoms with Crippen LogP contribution in [0, 0.1) is 13.8 Å². The molecule has 2 aromatic carbocycles. The number of carbonyl (C=O) groups is 1. The van der Waals surface area contributed by atoms with Gasteiger partial charge >= 0.3 is 0 Å². The van der Waals surface area contributed by atoms with E-state index in [0.717, 1.165) is 17.1 Å². The van der Waals surface area contributed by atoms with Crippen LogP contribution in [-0.2, 0) is 6.54 Å². The van der Waals surface area contributed by atoms with E-state index in [4.69, 9.17) is 21.0 Å². The zero-order valence-electron chi connectivity index (χ0n) is 19.2. The second-order valence-corrected chi connectivity index (χ2v) is 9.52. The number of rotatable bonds is 7. The van der Waals surface area contributed by atoms with Gasteiger partial charge in [0.1, 0.15) is 5.76 Å². The molecule has 0 radical (unpaired) electrons. The number of carbonyl (C=O) groups excluding carboxylic acids is 1.